The normalized spacial score (nSPS) is 18.8. The standard InChI is InChI=1S/C12H18N4O2S2/c1-7-11(19-6-9(13)17)20-12(15-7)16-10(18)8-3-2-4-14-5-8/h8,14H,2-6H2,1H3,(H2,13,17)(H,15,16,18). The molecule has 0 saturated carbocycles. The van der Waals surface area contributed by atoms with Crippen LogP contribution in [0.15, 0.2) is 4.21 Å². The maximum absolute atomic E-state index is 12.1. The van der Waals surface area contributed by atoms with Crippen LogP contribution < -0.4 is 16.4 Å². The molecule has 0 radical (unpaired) electrons. The number of carbonyl (C=O) groups is 2. The van der Waals surface area contributed by atoms with Crippen LogP contribution in [0, 0.1) is 12.8 Å². The van der Waals surface area contributed by atoms with Gasteiger partial charge in [0.15, 0.2) is 5.13 Å². The summed E-state index contributed by atoms with van der Waals surface area (Å²) >= 11 is 2.74. The van der Waals surface area contributed by atoms with Gasteiger partial charge >= 0.3 is 0 Å². The minimum absolute atomic E-state index is 0.00896. The molecule has 0 aromatic carbocycles. The molecule has 1 saturated heterocycles. The lowest BCUT2D eigenvalue weighted by Gasteiger charge is -2.21. The number of aryl methyl sites for hydroxylation is 1. The summed E-state index contributed by atoms with van der Waals surface area (Å²) in [6.07, 6.45) is 1.93. The molecule has 1 unspecified atom stereocenters. The average Bonchev–Trinajstić information content (AvgIpc) is 2.77. The van der Waals surface area contributed by atoms with E-state index in [1.165, 1.54) is 23.1 Å². The molecule has 4 N–H and O–H groups in total. The first kappa shape index (κ1) is 15.3. The Labute approximate surface area is 125 Å². The number of thioether (sulfide) groups is 1. The van der Waals surface area contributed by atoms with Crippen molar-refractivity contribution in [1.82, 2.24) is 10.3 Å². The quantitative estimate of drug-likeness (QED) is 0.704. The molecule has 1 aliphatic rings. The Morgan fingerprint density at radius 1 is 1.60 bits per heavy atom. The highest BCUT2D eigenvalue weighted by molar-refractivity contribution is 8.01. The number of nitrogens with one attached hydrogen (secondary N) is 2. The van der Waals surface area contributed by atoms with Gasteiger partial charge in [0.2, 0.25) is 11.8 Å². The van der Waals surface area contributed by atoms with Crippen LogP contribution in [-0.2, 0) is 9.59 Å². The molecular weight excluding hydrogens is 296 g/mol. The number of hydrogen-bond acceptors (Lipinski definition) is 6. The zero-order chi connectivity index (χ0) is 14.5. The van der Waals surface area contributed by atoms with Crippen molar-refractivity contribution in [2.45, 2.75) is 24.0 Å². The van der Waals surface area contributed by atoms with Crippen LogP contribution in [0.25, 0.3) is 0 Å². The lowest BCUT2D eigenvalue weighted by atomic mass is 9.99. The molecular formula is C12H18N4O2S2. The largest absolute Gasteiger partial charge is 0.369 e. The van der Waals surface area contributed by atoms with E-state index in [0.29, 0.717) is 5.13 Å². The zero-order valence-electron chi connectivity index (χ0n) is 11.3. The monoisotopic (exact) mass is 314 g/mol. The Morgan fingerprint density at radius 2 is 2.40 bits per heavy atom. The molecule has 1 aromatic heterocycles. The second-order valence-corrected chi connectivity index (χ2v) is 6.92. The third kappa shape index (κ3) is 4.19. The van der Waals surface area contributed by atoms with Gasteiger partial charge in [-0.3, -0.25) is 9.59 Å². The average molecular weight is 314 g/mol. The van der Waals surface area contributed by atoms with Crippen molar-refractivity contribution < 1.29 is 9.59 Å². The van der Waals surface area contributed by atoms with Crippen LogP contribution in [0.4, 0.5) is 5.13 Å². The van der Waals surface area contributed by atoms with Gasteiger partial charge in [0.25, 0.3) is 0 Å². The second-order valence-electron chi connectivity index (χ2n) is 4.68. The number of amides is 2. The van der Waals surface area contributed by atoms with Gasteiger partial charge in [-0.05, 0) is 26.3 Å². The number of primary amides is 1. The number of anilines is 1. The summed E-state index contributed by atoms with van der Waals surface area (Å²) in [6.45, 7) is 3.56. The molecule has 110 valence electrons. The number of aromatic nitrogens is 1. The van der Waals surface area contributed by atoms with E-state index in [1.807, 2.05) is 6.92 Å². The number of piperidine rings is 1. The van der Waals surface area contributed by atoms with E-state index < -0.39 is 0 Å². The number of rotatable bonds is 5. The minimum atomic E-state index is -0.360. The van der Waals surface area contributed by atoms with Crippen LogP contribution in [-0.4, -0.2) is 35.6 Å². The molecule has 1 aliphatic heterocycles. The van der Waals surface area contributed by atoms with Crippen molar-refractivity contribution >= 4 is 40.0 Å². The zero-order valence-corrected chi connectivity index (χ0v) is 12.9. The molecule has 1 fully saturated rings. The first-order chi connectivity index (χ1) is 9.56. The maximum atomic E-state index is 12.1. The van der Waals surface area contributed by atoms with Crippen molar-refractivity contribution in [3.63, 3.8) is 0 Å². The fraction of sp³-hybridized carbons (Fsp3) is 0.583. The number of nitrogens with zero attached hydrogens (tertiary/aromatic N) is 1. The number of carbonyl (C=O) groups excluding carboxylic acids is 2. The van der Waals surface area contributed by atoms with Crippen LogP contribution >= 0.6 is 23.1 Å². The summed E-state index contributed by atoms with van der Waals surface area (Å²) in [5.74, 6) is -0.114. The van der Waals surface area contributed by atoms with Gasteiger partial charge in [0, 0.05) is 6.54 Å². The SMILES string of the molecule is Cc1nc(NC(=O)C2CCCNC2)sc1SCC(N)=O. The van der Waals surface area contributed by atoms with Gasteiger partial charge in [-0.2, -0.15) is 0 Å². The predicted molar refractivity (Wildman–Crippen MR) is 81.0 cm³/mol. The summed E-state index contributed by atoms with van der Waals surface area (Å²) in [7, 11) is 0. The Hall–Kier alpha value is -1.12. The minimum Gasteiger partial charge on any atom is -0.369 e. The Balaban J connectivity index is 1.93. The van der Waals surface area contributed by atoms with E-state index in [2.05, 4.69) is 15.6 Å². The first-order valence-corrected chi connectivity index (χ1v) is 8.26. The summed E-state index contributed by atoms with van der Waals surface area (Å²) in [5.41, 5.74) is 5.94. The summed E-state index contributed by atoms with van der Waals surface area (Å²) in [4.78, 5) is 27.2. The molecule has 6 nitrogen and oxygen atoms in total. The lowest BCUT2D eigenvalue weighted by molar-refractivity contribution is -0.120. The molecule has 0 spiro atoms. The number of thiazole rings is 1. The van der Waals surface area contributed by atoms with Gasteiger partial charge in [0.1, 0.15) is 0 Å². The molecule has 2 heterocycles. The molecule has 2 amide bonds. The van der Waals surface area contributed by atoms with Crippen molar-refractivity contribution in [2.75, 3.05) is 24.2 Å². The van der Waals surface area contributed by atoms with Crippen LogP contribution in [0.1, 0.15) is 18.5 Å². The Kier molecular flexibility index (Phi) is 5.38. The highest BCUT2D eigenvalue weighted by Crippen LogP contribution is 2.32. The molecule has 0 bridgehead atoms. The molecule has 2 rings (SSSR count). The third-order valence-corrected chi connectivity index (χ3v) is 5.45. The van der Waals surface area contributed by atoms with Crippen molar-refractivity contribution in [3.05, 3.63) is 5.69 Å². The van der Waals surface area contributed by atoms with Crippen LogP contribution in [0.5, 0.6) is 0 Å². The topological polar surface area (TPSA) is 97.1 Å². The van der Waals surface area contributed by atoms with Gasteiger partial charge in [-0.15, -0.1) is 11.8 Å². The Morgan fingerprint density at radius 3 is 3.05 bits per heavy atom. The molecule has 1 atom stereocenters. The Bertz CT molecular complexity index is 498. The van der Waals surface area contributed by atoms with Crippen LogP contribution in [0.2, 0.25) is 0 Å². The van der Waals surface area contributed by atoms with E-state index in [1.54, 1.807) is 0 Å². The second kappa shape index (κ2) is 7.05. The summed E-state index contributed by atoms with van der Waals surface area (Å²) < 4.78 is 0.917. The van der Waals surface area contributed by atoms with Gasteiger partial charge in [-0.1, -0.05) is 11.3 Å². The van der Waals surface area contributed by atoms with E-state index in [0.717, 1.165) is 35.8 Å². The van der Waals surface area contributed by atoms with E-state index in [-0.39, 0.29) is 23.5 Å². The summed E-state index contributed by atoms with van der Waals surface area (Å²) in [6, 6.07) is 0. The number of hydrogen-bond donors (Lipinski definition) is 3. The highest BCUT2D eigenvalue weighted by atomic mass is 32.2. The molecule has 0 aliphatic carbocycles. The molecule has 1 aromatic rings. The molecule has 8 heteroatoms. The van der Waals surface area contributed by atoms with Gasteiger partial charge in [0.05, 0.1) is 21.6 Å². The lowest BCUT2D eigenvalue weighted by Crippen LogP contribution is -2.37. The van der Waals surface area contributed by atoms with E-state index >= 15 is 0 Å². The predicted octanol–water partition coefficient (Wildman–Crippen LogP) is 0.967. The smallest absolute Gasteiger partial charge is 0.230 e. The fourth-order valence-electron chi connectivity index (χ4n) is 1.99. The van der Waals surface area contributed by atoms with Gasteiger partial charge < -0.3 is 16.4 Å². The van der Waals surface area contributed by atoms with Crippen molar-refractivity contribution in [1.29, 1.82) is 0 Å². The van der Waals surface area contributed by atoms with E-state index in [4.69, 9.17) is 5.73 Å². The van der Waals surface area contributed by atoms with Crippen LogP contribution in [0.3, 0.4) is 0 Å². The first-order valence-electron chi connectivity index (χ1n) is 6.46. The highest BCUT2D eigenvalue weighted by Gasteiger charge is 2.22. The molecule has 20 heavy (non-hydrogen) atoms. The third-order valence-electron chi connectivity index (χ3n) is 3.00. The fourth-order valence-corrected chi connectivity index (χ4v) is 3.87. The van der Waals surface area contributed by atoms with Crippen molar-refractivity contribution in [3.8, 4) is 0 Å². The summed E-state index contributed by atoms with van der Waals surface area (Å²) in [5, 5.41) is 6.67. The van der Waals surface area contributed by atoms with Gasteiger partial charge in [-0.25, -0.2) is 4.98 Å². The number of nitrogens with two attached hydrogens (primary N) is 1. The van der Waals surface area contributed by atoms with Crippen molar-refractivity contribution in [2.24, 2.45) is 11.7 Å². The van der Waals surface area contributed by atoms with E-state index in [9.17, 15) is 9.59 Å². The maximum Gasteiger partial charge on any atom is 0.230 e.